The number of carbonyl (C=O) groups is 1. The van der Waals surface area contributed by atoms with Crippen LogP contribution in [0.3, 0.4) is 0 Å². The van der Waals surface area contributed by atoms with Crippen molar-refractivity contribution in [2.45, 2.75) is 32.2 Å². The summed E-state index contributed by atoms with van der Waals surface area (Å²) < 4.78 is 0. The summed E-state index contributed by atoms with van der Waals surface area (Å²) in [5.41, 5.74) is 1.05. The number of thioether (sulfide) groups is 1. The molecule has 126 valence electrons. The summed E-state index contributed by atoms with van der Waals surface area (Å²) in [5, 5.41) is 6.33. The Bertz CT molecular complexity index is 786. The number of fused-ring (bicyclic) bond motifs is 1. The van der Waals surface area contributed by atoms with Gasteiger partial charge in [0.2, 0.25) is 5.91 Å². The number of nitrogens with one attached hydrogen (secondary N) is 1. The molecule has 4 heteroatoms. The van der Waals surface area contributed by atoms with E-state index in [1.54, 1.807) is 18.8 Å². The van der Waals surface area contributed by atoms with Crippen molar-refractivity contribution < 1.29 is 4.79 Å². The van der Waals surface area contributed by atoms with Crippen molar-refractivity contribution in [2.75, 3.05) is 12.8 Å². The Morgan fingerprint density at radius 1 is 1.29 bits per heavy atom. The van der Waals surface area contributed by atoms with Gasteiger partial charge in [-0.15, -0.1) is 11.8 Å². The van der Waals surface area contributed by atoms with Crippen molar-refractivity contribution in [2.24, 2.45) is 10.9 Å². The molecule has 0 bridgehead atoms. The van der Waals surface area contributed by atoms with Gasteiger partial charge >= 0.3 is 0 Å². The molecule has 3 rings (SSSR count). The Balaban J connectivity index is 1.89. The molecule has 1 amide bonds. The van der Waals surface area contributed by atoms with E-state index in [0.29, 0.717) is 6.42 Å². The van der Waals surface area contributed by atoms with Crippen molar-refractivity contribution >= 4 is 33.5 Å². The molecule has 0 saturated heterocycles. The van der Waals surface area contributed by atoms with Gasteiger partial charge in [0.25, 0.3) is 0 Å². The molecule has 0 saturated carbocycles. The summed E-state index contributed by atoms with van der Waals surface area (Å²) in [6.45, 7) is 4.17. The van der Waals surface area contributed by atoms with Gasteiger partial charge < -0.3 is 5.32 Å². The minimum absolute atomic E-state index is 0.0415. The maximum Gasteiger partial charge on any atom is 0.222 e. The van der Waals surface area contributed by atoms with Crippen LogP contribution in [0.2, 0.25) is 0 Å². The standard InChI is InChI=1S/C20H24N2OS/c1-14(19(23)21-3)12-18-22-20(2,10-11-24-18)17-9-8-15-6-4-5-7-16(15)13-17/h4-9,13-14H,10-12H2,1-3H3,(H,21,23). The van der Waals surface area contributed by atoms with E-state index in [1.807, 2.05) is 6.92 Å². The second-order valence-electron chi connectivity index (χ2n) is 6.66. The van der Waals surface area contributed by atoms with Crippen molar-refractivity contribution in [3.8, 4) is 0 Å². The molecule has 0 aromatic heterocycles. The van der Waals surface area contributed by atoms with Gasteiger partial charge in [-0.2, -0.15) is 0 Å². The molecule has 1 aliphatic heterocycles. The van der Waals surface area contributed by atoms with E-state index in [1.165, 1.54) is 16.3 Å². The van der Waals surface area contributed by atoms with Crippen LogP contribution in [-0.2, 0) is 10.3 Å². The first-order valence-corrected chi connectivity index (χ1v) is 9.43. The topological polar surface area (TPSA) is 41.5 Å². The second kappa shape index (κ2) is 6.98. The summed E-state index contributed by atoms with van der Waals surface area (Å²) in [4.78, 5) is 16.8. The largest absolute Gasteiger partial charge is 0.359 e. The van der Waals surface area contributed by atoms with Crippen LogP contribution in [0.25, 0.3) is 10.8 Å². The van der Waals surface area contributed by atoms with Gasteiger partial charge in [0.15, 0.2) is 0 Å². The minimum Gasteiger partial charge on any atom is -0.359 e. The Hall–Kier alpha value is -1.81. The van der Waals surface area contributed by atoms with Crippen LogP contribution in [0.4, 0.5) is 0 Å². The fraction of sp³-hybridized carbons (Fsp3) is 0.400. The quantitative estimate of drug-likeness (QED) is 0.898. The molecule has 0 radical (unpaired) electrons. The predicted molar refractivity (Wildman–Crippen MR) is 104 cm³/mol. The summed E-state index contributed by atoms with van der Waals surface area (Å²) in [6.07, 6.45) is 1.74. The maximum absolute atomic E-state index is 11.8. The number of nitrogens with zero attached hydrogens (tertiary/aromatic N) is 1. The molecule has 0 spiro atoms. The highest BCUT2D eigenvalue weighted by atomic mass is 32.2. The zero-order valence-corrected chi connectivity index (χ0v) is 15.3. The van der Waals surface area contributed by atoms with Crippen LogP contribution in [0.15, 0.2) is 47.5 Å². The lowest BCUT2D eigenvalue weighted by molar-refractivity contribution is -0.123. The first kappa shape index (κ1) is 17.0. The third-order valence-corrected chi connectivity index (χ3v) is 5.77. The molecule has 2 aromatic rings. The summed E-state index contributed by atoms with van der Waals surface area (Å²) in [5.74, 6) is 1.08. The Morgan fingerprint density at radius 3 is 2.79 bits per heavy atom. The normalized spacial score (nSPS) is 22.0. The molecular weight excluding hydrogens is 316 g/mol. The highest BCUT2D eigenvalue weighted by Crippen LogP contribution is 2.38. The van der Waals surface area contributed by atoms with Crippen molar-refractivity contribution in [1.29, 1.82) is 0 Å². The monoisotopic (exact) mass is 340 g/mol. The van der Waals surface area contributed by atoms with Crippen LogP contribution < -0.4 is 5.32 Å². The molecule has 0 fully saturated rings. The molecule has 2 unspecified atom stereocenters. The zero-order chi connectivity index (χ0) is 17.2. The smallest absolute Gasteiger partial charge is 0.222 e. The lowest BCUT2D eigenvalue weighted by Crippen LogP contribution is -2.30. The van der Waals surface area contributed by atoms with E-state index < -0.39 is 0 Å². The Morgan fingerprint density at radius 2 is 2.04 bits per heavy atom. The molecule has 1 aliphatic rings. The van der Waals surface area contributed by atoms with E-state index in [0.717, 1.165) is 17.2 Å². The summed E-state index contributed by atoms with van der Waals surface area (Å²) in [7, 11) is 1.69. The third-order valence-electron chi connectivity index (χ3n) is 4.78. The van der Waals surface area contributed by atoms with Crippen LogP contribution in [-0.4, -0.2) is 23.8 Å². The number of carbonyl (C=O) groups excluding carboxylic acids is 1. The third kappa shape index (κ3) is 3.48. The minimum atomic E-state index is -0.201. The van der Waals surface area contributed by atoms with Crippen molar-refractivity contribution in [1.82, 2.24) is 5.32 Å². The highest BCUT2D eigenvalue weighted by Gasteiger charge is 2.31. The molecule has 1 heterocycles. The predicted octanol–water partition coefficient (Wildman–Crippen LogP) is 4.36. The van der Waals surface area contributed by atoms with Gasteiger partial charge in [0.1, 0.15) is 0 Å². The first-order chi connectivity index (χ1) is 11.5. The van der Waals surface area contributed by atoms with Crippen LogP contribution >= 0.6 is 11.8 Å². The fourth-order valence-electron chi connectivity index (χ4n) is 3.17. The number of rotatable bonds is 4. The molecule has 1 N–H and O–H groups in total. The molecule has 24 heavy (non-hydrogen) atoms. The Labute approximate surface area is 147 Å². The van der Waals surface area contributed by atoms with Gasteiger partial charge in [-0.05, 0) is 35.7 Å². The van der Waals surface area contributed by atoms with Gasteiger partial charge in [0, 0.05) is 25.1 Å². The first-order valence-electron chi connectivity index (χ1n) is 8.44. The lowest BCUT2D eigenvalue weighted by Gasteiger charge is -2.31. The molecule has 2 aromatic carbocycles. The van der Waals surface area contributed by atoms with Crippen molar-refractivity contribution in [3.05, 3.63) is 48.0 Å². The van der Waals surface area contributed by atoms with E-state index in [-0.39, 0.29) is 17.4 Å². The van der Waals surface area contributed by atoms with E-state index in [9.17, 15) is 4.79 Å². The molecule has 2 atom stereocenters. The van der Waals surface area contributed by atoms with Gasteiger partial charge in [-0.25, -0.2) is 0 Å². The molecule has 3 nitrogen and oxygen atoms in total. The van der Waals surface area contributed by atoms with Crippen LogP contribution in [0, 0.1) is 5.92 Å². The van der Waals surface area contributed by atoms with E-state index in [4.69, 9.17) is 4.99 Å². The van der Waals surface area contributed by atoms with Gasteiger partial charge in [0.05, 0.1) is 10.6 Å². The average molecular weight is 340 g/mol. The summed E-state index contributed by atoms with van der Waals surface area (Å²) >= 11 is 1.79. The number of aliphatic imine (C=N–C) groups is 1. The van der Waals surface area contributed by atoms with E-state index in [2.05, 4.69) is 54.7 Å². The number of hydrogen-bond donors (Lipinski definition) is 1. The summed E-state index contributed by atoms with van der Waals surface area (Å²) in [6, 6.07) is 15.1. The van der Waals surface area contributed by atoms with Gasteiger partial charge in [-0.1, -0.05) is 43.3 Å². The average Bonchev–Trinajstić information content (AvgIpc) is 2.60. The van der Waals surface area contributed by atoms with Crippen LogP contribution in [0.5, 0.6) is 0 Å². The Kier molecular flexibility index (Phi) is 4.95. The second-order valence-corrected chi connectivity index (χ2v) is 7.83. The highest BCUT2D eigenvalue weighted by molar-refractivity contribution is 8.14. The number of benzene rings is 2. The SMILES string of the molecule is CNC(=O)C(C)CC1=NC(C)(c2ccc3ccccc3c2)CCS1. The lowest BCUT2D eigenvalue weighted by atomic mass is 9.88. The molecule has 0 aliphatic carbocycles. The molecular formula is C20H24N2OS. The van der Waals surface area contributed by atoms with Gasteiger partial charge in [-0.3, -0.25) is 9.79 Å². The zero-order valence-electron chi connectivity index (χ0n) is 14.5. The van der Waals surface area contributed by atoms with Crippen molar-refractivity contribution in [3.63, 3.8) is 0 Å². The number of hydrogen-bond acceptors (Lipinski definition) is 3. The number of amides is 1. The fourth-order valence-corrected chi connectivity index (χ4v) is 4.54. The van der Waals surface area contributed by atoms with Crippen LogP contribution in [0.1, 0.15) is 32.3 Å². The van der Waals surface area contributed by atoms with E-state index >= 15 is 0 Å². The maximum atomic E-state index is 11.8.